The van der Waals surface area contributed by atoms with Crippen LogP contribution < -0.4 is 0 Å². The summed E-state index contributed by atoms with van der Waals surface area (Å²) >= 11 is 0. The zero-order valence-electron chi connectivity index (χ0n) is 14.1. The predicted octanol–water partition coefficient (Wildman–Crippen LogP) is 6.12. The molecule has 0 aliphatic rings. The van der Waals surface area contributed by atoms with Crippen molar-refractivity contribution in [2.24, 2.45) is 0 Å². The topological polar surface area (TPSA) is 25.8 Å². The molecule has 5 aromatic rings. The minimum atomic E-state index is 0.919. The number of aromatic nitrogens is 2. The highest BCUT2D eigenvalue weighted by Gasteiger charge is 2.07. The molecule has 2 heteroatoms. The summed E-state index contributed by atoms with van der Waals surface area (Å²) in [5.41, 5.74) is 6.64. The van der Waals surface area contributed by atoms with Gasteiger partial charge in [0.15, 0.2) is 0 Å². The second-order valence-corrected chi connectivity index (χ2v) is 6.40. The second kappa shape index (κ2) is 6.08. The average Bonchev–Trinajstić information content (AvgIpc) is 2.74. The van der Waals surface area contributed by atoms with E-state index in [0.29, 0.717) is 0 Å². The molecule has 0 bridgehead atoms. The first-order chi connectivity index (χ1) is 12.9. The van der Waals surface area contributed by atoms with Crippen LogP contribution in [0.15, 0.2) is 97.1 Å². The summed E-state index contributed by atoms with van der Waals surface area (Å²) in [7, 11) is 0. The molecule has 0 radical (unpaired) electrons. The SMILES string of the molecule is c1ccc(-c2ccc3nnc4ccc(-c5ccccc5)cc4c3c2)cc1. The monoisotopic (exact) mass is 332 g/mol. The first-order valence-corrected chi connectivity index (χ1v) is 8.69. The van der Waals surface area contributed by atoms with Crippen LogP contribution in [0.4, 0.5) is 0 Å². The van der Waals surface area contributed by atoms with Crippen LogP contribution in [0, 0.1) is 0 Å². The Morgan fingerprint density at radius 2 is 0.808 bits per heavy atom. The van der Waals surface area contributed by atoms with Gasteiger partial charge >= 0.3 is 0 Å². The highest BCUT2D eigenvalue weighted by atomic mass is 15.1. The van der Waals surface area contributed by atoms with E-state index >= 15 is 0 Å². The van der Waals surface area contributed by atoms with Gasteiger partial charge in [-0.05, 0) is 46.5 Å². The summed E-state index contributed by atoms with van der Waals surface area (Å²) in [6.45, 7) is 0. The maximum atomic E-state index is 4.40. The van der Waals surface area contributed by atoms with E-state index in [1.807, 2.05) is 12.1 Å². The summed E-state index contributed by atoms with van der Waals surface area (Å²) in [4.78, 5) is 0. The molecule has 26 heavy (non-hydrogen) atoms. The Labute approximate surface area is 151 Å². The van der Waals surface area contributed by atoms with Gasteiger partial charge in [-0.3, -0.25) is 0 Å². The predicted molar refractivity (Wildman–Crippen MR) is 108 cm³/mol. The quantitative estimate of drug-likeness (QED) is 0.364. The number of benzene rings is 4. The molecular formula is C24H16N2. The van der Waals surface area contributed by atoms with Gasteiger partial charge in [-0.2, -0.15) is 0 Å². The molecule has 0 spiro atoms. The van der Waals surface area contributed by atoms with Crippen molar-refractivity contribution < 1.29 is 0 Å². The summed E-state index contributed by atoms with van der Waals surface area (Å²) in [6.07, 6.45) is 0. The lowest BCUT2D eigenvalue weighted by Gasteiger charge is -2.08. The Kier molecular flexibility index (Phi) is 3.46. The fourth-order valence-electron chi connectivity index (χ4n) is 3.41. The van der Waals surface area contributed by atoms with E-state index in [2.05, 4.69) is 95.1 Å². The van der Waals surface area contributed by atoms with Gasteiger partial charge < -0.3 is 0 Å². The highest BCUT2D eigenvalue weighted by Crippen LogP contribution is 2.30. The van der Waals surface area contributed by atoms with E-state index in [0.717, 1.165) is 21.8 Å². The normalized spacial score (nSPS) is 11.1. The van der Waals surface area contributed by atoms with Crippen molar-refractivity contribution in [2.75, 3.05) is 0 Å². The highest BCUT2D eigenvalue weighted by molar-refractivity contribution is 6.06. The first kappa shape index (κ1) is 14.8. The summed E-state index contributed by atoms with van der Waals surface area (Å²) in [6, 6.07) is 33.6. The van der Waals surface area contributed by atoms with Crippen LogP contribution in [0.1, 0.15) is 0 Å². The van der Waals surface area contributed by atoms with Crippen molar-refractivity contribution in [2.45, 2.75) is 0 Å². The van der Waals surface area contributed by atoms with Crippen LogP contribution in [0.3, 0.4) is 0 Å². The Bertz CT molecular complexity index is 1110. The molecule has 1 heterocycles. The molecule has 0 aliphatic carbocycles. The summed E-state index contributed by atoms with van der Waals surface area (Å²) < 4.78 is 0. The molecule has 0 atom stereocenters. The van der Waals surface area contributed by atoms with Gasteiger partial charge in [-0.15, -0.1) is 10.2 Å². The first-order valence-electron chi connectivity index (χ1n) is 8.69. The van der Waals surface area contributed by atoms with Gasteiger partial charge in [0.1, 0.15) is 0 Å². The van der Waals surface area contributed by atoms with E-state index in [-0.39, 0.29) is 0 Å². The third kappa shape index (κ3) is 2.52. The Hall–Kier alpha value is -3.52. The van der Waals surface area contributed by atoms with Crippen LogP contribution in [0.25, 0.3) is 44.1 Å². The summed E-state index contributed by atoms with van der Waals surface area (Å²) in [5.74, 6) is 0. The number of hydrogen-bond donors (Lipinski definition) is 0. The van der Waals surface area contributed by atoms with Crippen LogP contribution >= 0.6 is 0 Å². The van der Waals surface area contributed by atoms with E-state index in [1.165, 1.54) is 22.3 Å². The molecule has 0 unspecified atom stereocenters. The van der Waals surface area contributed by atoms with Gasteiger partial charge in [-0.1, -0.05) is 72.8 Å². The molecule has 122 valence electrons. The van der Waals surface area contributed by atoms with E-state index < -0.39 is 0 Å². The number of hydrogen-bond acceptors (Lipinski definition) is 2. The maximum absolute atomic E-state index is 4.40. The molecule has 1 aromatic heterocycles. The molecule has 2 nitrogen and oxygen atoms in total. The van der Waals surface area contributed by atoms with Crippen LogP contribution in [-0.4, -0.2) is 10.2 Å². The van der Waals surface area contributed by atoms with Crippen molar-refractivity contribution in [3.8, 4) is 22.3 Å². The van der Waals surface area contributed by atoms with Gasteiger partial charge in [0, 0.05) is 10.8 Å². The van der Waals surface area contributed by atoms with Crippen molar-refractivity contribution in [3.63, 3.8) is 0 Å². The second-order valence-electron chi connectivity index (χ2n) is 6.40. The van der Waals surface area contributed by atoms with Crippen LogP contribution in [-0.2, 0) is 0 Å². The standard InChI is InChI=1S/C24H16N2/c1-3-7-17(8-4-1)19-11-13-23-21(15-19)22-16-20(12-14-24(22)26-25-23)18-9-5-2-6-10-18/h1-16H. The van der Waals surface area contributed by atoms with Crippen molar-refractivity contribution in [3.05, 3.63) is 97.1 Å². The smallest absolute Gasteiger partial charge is 0.0936 e. The van der Waals surface area contributed by atoms with Crippen molar-refractivity contribution in [1.82, 2.24) is 10.2 Å². The molecular weight excluding hydrogens is 316 g/mol. The molecule has 0 amide bonds. The Balaban J connectivity index is 1.77. The Morgan fingerprint density at radius 3 is 1.23 bits per heavy atom. The zero-order valence-corrected chi connectivity index (χ0v) is 14.1. The van der Waals surface area contributed by atoms with Gasteiger partial charge in [0.25, 0.3) is 0 Å². The molecule has 0 saturated carbocycles. The number of nitrogens with zero attached hydrogens (tertiary/aromatic N) is 2. The molecule has 0 saturated heterocycles. The van der Waals surface area contributed by atoms with Gasteiger partial charge in [-0.25, -0.2) is 0 Å². The minimum Gasteiger partial charge on any atom is -0.150 e. The lowest BCUT2D eigenvalue weighted by atomic mass is 9.99. The van der Waals surface area contributed by atoms with E-state index in [9.17, 15) is 0 Å². The van der Waals surface area contributed by atoms with Gasteiger partial charge in [0.05, 0.1) is 11.0 Å². The zero-order chi connectivity index (χ0) is 17.3. The Morgan fingerprint density at radius 1 is 0.385 bits per heavy atom. The number of rotatable bonds is 2. The molecule has 4 aromatic carbocycles. The average molecular weight is 332 g/mol. The van der Waals surface area contributed by atoms with Crippen LogP contribution in [0.2, 0.25) is 0 Å². The fraction of sp³-hybridized carbons (Fsp3) is 0. The lowest BCUT2D eigenvalue weighted by molar-refractivity contribution is 1.12. The molecule has 0 fully saturated rings. The lowest BCUT2D eigenvalue weighted by Crippen LogP contribution is -1.89. The van der Waals surface area contributed by atoms with E-state index in [1.54, 1.807) is 0 Å². The number of fused-ring (bicyclic) bond motifs is 3. The molecule has 5 rings (SSSR count). The van der Waals surface area contributed by atoms with Crippen molar-refractivity contribution >= 4 is 21.8 Å². The maximum Gasteiger partial charge on any atom is 0.0936 e. The molecule has 0 N–H and O–H groups in total. The minimum absolute atomic E-state index is 0.919. The fourth-order valence-corrected chi connectivity index (χ4v) is 3.41. The largest absolute Gasteiger partial charge is 0.150 e. The third-order valence-corrected chi connectivity index (χ3v) is 4.76. The molecule has 0 aliphatic heterocycles. The third-order valence-electron chi connectivity index (χ3n) is 4.76. The van der Waals surface area contributed by atoms with Gasteiger partial charge in [0.2, 0.25) is 0 Å². The summed E-state index contributed by atoms with van der Waals surface area (Å²) in [5, 5.41) is 11.1. The van der Waals surface area contributed by atoms with Crippen LogP contribution in [0.5, 0.6) is 0 Å². The van der Waals surface area contributed by atoms with E-state index in [4.69, 9.17) is 0 Å². The van der Waals surface area contributed by atoms with Crippen molar-refractivity contribution in [1.29, 1.82) is 0 Å².